The van der Waals surface area contributed by atoms with Crippen LogP contribution in [-0.2, 0) is 14.3 Å². The molecule has 0 aromatic rings. The summed E-state index contributed by atoms with van der Waals surface area (Å²) in [6.07, 6.45) is 68.6. The van der Waals surface area contributed by atoms with Gasteiger partial charge in [0.2, 0.25) is 5.91 Å². The summed E-state index contributed by atoms with van der Waals surface area (Å²) >= 11 is 0. The third-order valence-corrected chi connectivity index (χ3v) is 13.2. The van der Waals surface area contributed by atoms with Crippen molar-refractivity contribution in [2.45, 2.75) is 309 Å². The van der Waals surface area contributed by atoms with Gasteiger partial charge in [0.25, 0.3) is 0 Å². The molecule has 0 radical (unpaired) electrons. The van der Waals surface area contributed by atoms with Gasteiger partial charge in [0.15, 0.2) is 0 Å². The van der Waals surface area contributed by atoms with E-state index in [-0.39, 0.29) is 24.9 Å². The van der Waals surface area contributed by atoms with Gasteiger partial charge in [0.1, 0.15) is 6.10 Å². The fourth-order valence-electron chi connectivity index (χ4n) is 8.79. The zero-order valence-corrected chi connectivity index (χ0v) is 44.5. The summed E-state index contributed by atoms with van der Waals surface area (Å²) in [6, 6.07) is -0.717. The predicted molar refractivity (Wildman–Crippen MR) is 292 cm³/mol. The molecule has 0 heterocycles. The van der Waals surface area contributed by atoms with Gasteiger partial charge in [-0.15, -0.1) is 0 Å². The number of esters is 1. The molecule has 0 spiro atoms. The first-order valence-corrected chi connectivity index (χ1v) is 29.1. The minimum Gasteiger partial charge on any atom is -0.462 e. The van der Waals surface area contributed by atoms with Gasteiger partial charge in [-0.25, -0.2) is 0 Å². The molecule has 0 fully saturated rings. The lowest BCUT2D eigenvalue weighted by Gasteiger charge is -2.24. The fourth-order valence-corrected chi connectivity index (χ4v) is 8.79. The van der Waals surface area contributed by atoms with Crippen LogP contribution in [0.25, 0.3) is 0 Å². The highest BCUT2D eigenvalue weighted by Crippen LogP contribution is 2.18. The molecular formula is C61H111NO5. The van der Waals surface area contributed by atoms with Crippen LogP contribution in [0.3, 0.4) is 0 Å². The third kappa shape index (κ3) is 49.8. The maximum absolute atomic E-state index is 13.3. The minimum atomic E-state index is -0.801. The predicted octanol–water partition coefficient (Wildman–Crippen LogP) is 18.0. The van der Waals surface area contributed by atoms with E-state index in [9.17, 15) is 19.8 Å². The minimum absolute atomic E-state index is 0.0507. The molecule has 0 saturated carbocycles. The Morgan fingerprint density at radius 1 is 0.448 bits per heavy atom. The van der Waals surface area contributed by atoms with Gasteiger partial charge in [0, 0.05) is 6.42 Å². The van der Waals surface area contributed by atoms with Crippen LogP contribution in [0.2, 0.25) is 0 Å². The number of carbonyl (C=O) groups excluding carboxylic acids is 2. The van der Waals surface area contributed by atoms with Crippen LogP contribution in [-0.4, -0.2) is 46.9 Å². The number of hydrogen-bond acceptors (Lipinski definition) is 5. The van der Waals surface area contributed by atoms with Crippen molar-refractivity contribution < 1.29 is 24.5 Å². The topological polar surface area (TPSA) is 95.9 Å². The highest BCUT2D eigenvalue weighted by atomic mass is 16.5. The highest BCUT2D eigenvalue weighted by molar-refractivity contribution is 5.77. The van der Waals surface area contributed by atoms with Crippen LogP contribution in [0.15, 0.2) is 60.8 Å². The monoisotopic (exact) mass is 938 g/mol. The molecule has 0 bridgehead atoms. The van der Waals surface area contributed by atoms with E-state index in [4.69, 9.17) is 4.74 Å². The molecule has 67 heavy (non-hydrogen) atoms. The largest absolute Gasteiger partial charge is 0.462 e. The molecule has 0 aliphatic rings. The first kappa shape index (κ1) is 64.6. The van der Waals surface area contributed by atoms with Gasteiger partial charge in [-0.1, -0.05) is 268 Å². The molecule has 1 amide bonds. The molecule has 0 rings (SSSR count). The first-order valence-electron chi connectivity index (χ1n) is 29.1. The van der Waals surface area contributed by atoms with Crippen LogP contribution in [0, 0.1) is 0 Å². The molecule has 0 aromatic carbocycles. The molecule has 0 saturated heterocycles. The zero-order valence-electron chi connectivity index (χ0n) is 44.5. The highest BCUT2D eigenvalue weighted by Gasteiger charge is 2.24. The van der Waals surface area contributed by atoms with E-state index < -0.39 is 18.2 Å². The normalized spacial score (nSPS) is 13.6. The Labute approximate surface area is 416 Å². The van der Waals surface area contributed by atoms with Gasteiger partial charge in [-0.05, 0) is 70.6 Å². The maximum atomic E-state index is 13.3. The molecule has 0 aliphatic carbocycles. The standard InChI is InChI=1S/C61H111NO5/c1-4-7-10-13-16-19-22-25-27-29-30-31-33-36-39-42-45-48-51-54-61(66)67-57(52-49-46-43-40-37-34-24-21-18-15-12-9-6-3)55-60(65)62-58(56-63)59(64)53-50-47-44-41-38-35-32-28-26-23-20-17-14-11-8-5-2/h9,12,15,18,21,24-25,27,34,37,57-59,63-64H,4-8,10-11,13-14,16-17,19-20,22-23,26,28-33,35-36,38-56H2,1-3H3,(H,62,65)/b12-9+,18-15+,24-21+,27-25+,37-34-. The fraction of sp³-hybridized carbons (Fsp3) is 0.803. The van der Waals surface area contributed by atoms with Crippen LogP contribution in [0.5, 0.6) is 0 Å². The Bertz CT molecular complexity index is 1190. The lowest BCUT2D eigenvalue weighted by atomic mass is 10.0. The number of rotatable bonds is 52. The number of aliphatic hydroxyl groups excluding tert-OH is 2. The van der Waals surface area contributed by atoms with Gasteiger partial charge in [0.05, 0.1) is 25.2 Å². The lowest BCUT2D eigenvalue weighted by molar-refractivity contribution is -0.151. The van der Waals surface area contributed by atoms with E-state index >= 15 is 0 Å². The summed E-state index contributed by atoms with van der Waals surface area (Å²) in [7, 11) is 0. The number of nitrogens with one attached hydrogen (secondary N) is 1. The third-order valence-electron chi connectivity index (χ3n) is 13.2. The number of ether oxygens (including phenoxy) is 1. The van der Waals surface area contributed by atoms with Crippen molar-refractivity contribution in [1.29, 1.82) is 0 Å². The molecule has 0 aliphatic heterocycles. The first-order chi connectivity index (χ1) is 33.0. The van der Waals surface area contributed by atoms with Gasteiger partial charge < -0.3 is 20.3 Å². The van der Waals surface area contributed by atoms with Crippen molar-refractivity contribution >= 4 is 11.9 Å². The Morgan fingerprint density at radius 2 is 0.821 bits per heavy atom. The van der Waals surface area contributed by atoms with Crippen molar-refractivity contribution in [3.63, 3.8) is 0 Å². The quantitative estimate of drug-likeness (QED) is 0.0244. The van der Waals surface area contributed by atoms with Gasteiger partial charge >= 0.3 is 5.97 Å². The van der Waals surface area contributed by atoms with Gasteiger partial charge in [-0.2, -0.15) is 0 Å². The molecular weight excluding hydrogens is 827 g/mol. The number of carbonyl (C=O) groups is 2. The van der Waals surface area contributed by atoms with E-state index in [0.29, 0.717) is 19.3 Å². The van der Waals surface area contributed by atoms with E-state index in [1.54, 1.807) is 0 Å². The van der Waals surface area contributed by atoms with E-state index in [2.05, 4.69) is 62.5 Å². The van der Waals surface area contributed by atoms with Crippen LogP contribution < -0.4 is 5.32 Å². The summed E-state index contributed by atoms with van der Waals surface area (Å²) in [4.78, 5) is 26.3. The molecule has 3 N–H and O–H groups in total. The summed E-state index contributed by atoms with van der Waals surface area (Å²) in [6.45, 7) is 6.36. The second-order valence-corrected chi connectivity index (χ2v) is 19.8. The maximum Gasteiger partial charge on any atom is 0.306 e. The average Bonchev–Trinajstić information content (AvgIpc) is 3.32. The van der Waals surface area contributed by atoms with Crippen LogP contribution in [0.4, 0.5) is 0 Å². The van der Waals surface area contributed by atoms with Crippen molar-refractivity contribution in [2.24, 2.45) is 0 Å². The molecule has 6 heteroatoms. The summed E-state index contributed by atoms with van der Waals surface area (Å²) < 4.78 is 5.94. The van der Waals surface area contributed by atoms with E-state index in [1.165, 1.54) is 173 Å². The van der Waals surface area contributed by atoms with Crippen molar-refractivity contribution in [3.8, 4) is 0 Å². The Hall–Kier alpha value is -2.44. The van der Waals surface area contributed by atoms with E-state index in [1.807, 2.05) is 24.3 Å². The molecule has 0 aromatic heterocycles. The molecule has 390 valence electrons. The summed E-state index contributed by atoms with van der Waals surface area (Å²) in [5, 5.41) is 23.9. The molecule has 6 nitrogen and oxygen atoms in total. The smallest absolute Gasteiger partial charge is 0.306 e. The summed E-state index contributed by atoms with van der Waals surface area (Å²) in [5.74, 6) is -0.508. The lowest BCUT2D eigenvalue weighted by Crippen LogP contribution is -2.46. The SMILES string of the molecule is CC/C=C/C=C/C=C/C=C\CCCCCC(CC(=O)NC(CO)C(O)CCCCCCCCCCCCCCCCCC)OC(=O)CCCCCCCCCCC/C=C/CCCCCCCC. The summed E-state index contributed by atoms with van der Waals surface area (Å²) in [5.41, 5.74) is 0. The van der Waals surface area contributed by atoms with Crippen molar-refractivity contribution in [1.82, 2.24) is 5.32 Å². The van der Waals surface area contributed by atoms with E-state index in [0.717, 1.165) is 70.6 Å². The van der Waals surface area contributed by atoms with Crippen molar-refractivity contribution in [2.75, 3.05) is 6.61 Å². The molecule has 3 unspecified atom stereocenters. The number of amides is 1. The molecule has 3 atom stereocenters. The number of hydrogen-bond donors (Lipinski definition) is 3. The zero-order chi connectivity index (χ0) is 48.8. The number of aliphatic hydroxyl groups is 2. The Morgan fingerprint density at radius 3 is 1.28 bits per heavy atom. The van der Waals surface area contributed by atoms with Crippen LogP contribution in [0.1, 0.15) is 290 Å². The average molecular weight is 939 g/mol. The number of unbranched alkanes of at least 4 members (excludes halogenated alkanes) is 33. The Kier molecular flexibility index (Phi) is 52.5. The number of allylic oxidation sites excluding steroid dienone is 10. The van der Waals surface area contributed by atoms with Crippen LogP contribution >= 0.6 is 0 Å². The Balaban J connectivity index is 4.53. The van der Waals surface area contributed by atoms with Crippen molar-refractivity contribution in [3.05, 3.63) is 60.8 Å². The van der Waals surface area contributed by atoms with Gasteiger partial charge in [-0.3, -0.25) is 9.59 Å². The second kappa shape index (κ2) is 54.5. The second-order valence-electron chi connectivity index (χ2n) is 19.8.